The van der Waals surface area contributed by atoms with Gasteiger partial charge >= 0.3 is 12.0 Å². The number of nitrogens with one attached hydrogen (secondary N) is 2. The smallest absolute Gasteiger partial charge is 0.319 e. The van der Waals surface area contributed by atoms with Gasteiger partial charge in [0, 0.05) is 12.2 Å². The normalized spacial score (nSPS) is 11.7. The number of rotatable bonds is 4. The molecule has 2 amide bonds. The fraction of sp³-hybridized carbons (Fsp3) is 0.385. The molecule has 0 fully saturated rings. The highest BCUT2D eigenvalue weighted by Crippen LogP contribution is 2.15. The molecule has 98 valence electrons. The summed E-state index contributed by atoms with van der Waals surface area (Å²) in [5.41, 5.74) is 2.82. The molecule has 0 heterocycles. The number of anilines is 1. The number of carbonyl (C=O) groups excluding carboxylic acids is 1. The van der Waals surface area contributed by atoms with Crippen LogP contribution >= 0.6 is 0 Å². The van der Waals surface area contributed by atoms with E-state index < -0.39 is 17.9 Å². The van der Waals surface area contributed by atoms with Crippen LogP contribution in [-0.2, 0) is 4.79 Å². The number of carboxylic acids is 1. The average molecular weight is 250 g/mol. The zero-order valence-electron chi connectivity index (χ0n) is 10.8. The predicted molar refractivity (Wildman–Crippen MR) is 69.7 cm³/mol. The maximum atomic E-state index is 11.6. The van der Waals surface area contributed by atoms with Crippen LogP contribution in [-0.4, -0.2) is 23.7 Å². The largest absolute Gasteiger partial charge is 0.481 e. The summed E-state index contributed by atoms with van der Waals surface area (Å²) < 4.78 is 0. The molecule has 1 unspecified atom stereocenters. The van der Waals surface area contributed by atoms with Gasteiger partial charge in [-0.15, -0.1) is 0 Å². The maximum Gasteiger partial charge on any atom is 0.319 e. The molecule has 1 atom stereocenters. The van der Waals surface area contributed by atoms with E-state index in [9.17, 15) is 9.59 Å². The lowest BCUT2D eigenvalue weighted by Gasteiger charge is -2.11. The quantitative estimate of drug-likeness (QED) is 0.766. The lowest BCUT2D eigenvalue weighted by Crippen LogP contribution is -2.34. The molecule has 0 aliphatic heterocycles. The van der Waals surface area contributed by atoms with Gasteiger partial charge in [-0.25, -0.2) is 4.79 Å². The van der Waals surface area contributed by atoms with E-state index >= 15 is 0 Å². The number of hydrogen-bond acceptors (Lipinski definition) is 2. The molecule has 0 saturated heterocycles. The Bertz CT molecular complexity index is 458. The number of amides is 2. The van der Waals surface area contributed by atoms with Crippen LogP contribution in [0.2, 0.25) is 0 Å². The van der Waals surface area contributed by atoms with Gasteiger partial charge in [0.15, 0.2) is 0 Å². The Balaban J connectivity index is 2.52. The Morgan fingerprint density at radius 1 is 1.33 bits per heavy atom. The highest BCUT2D eigenvalue weighted by atomic mass is 16.4. The van der Waals surface area contributed by atoms with E-state index in [0.29, 0.717) is 0 Å². The second-order valence-corrected chi connectivity index (χ2v) is 4.39. The van der Waals surface area contributed by atoms with Crippen LogP contribution < -0.4 is 10.6 Å². The number of carboxylic acid groups (broad SMARTS) is 1. The van der Waals surface area contributed by atoms with Crippen molar-refractivity contribution in [2.45, 2.75) is 20.8 Å². The second kappa shape index (κ2) is 6.05. The first kappa shape index (κ1) is 14.0. The molecule has 0 spiro atoms. The van der Waals surface area contributed by atoms with E-state index in [1.807, 2.05) is 32.0 Å². The van der Waals surface area contributed by atoms with Crippen LogP contribution in [0, 0.1) is 19.8 Å². The number of urea groups is 1. The van der Waals surface area contributed by atoms with Crippen LogP contribution in [0.4, 0.5) is 10.5 Å². The van der Waals surface area contributed by atoms with Crippen LogP contribution in [0.1, 0.15) is 18.1 Å². The monoisotopic (exact) mass is 250 g/mol. The Morgan fingerprint density at radius 3 is 2.56 bits per heavy atom. The standard InChI is InChI=1S/C13H18N2O3/c1-8-4-5-11(9(2)6-8)15-13(18)14-7-10(3)12(16)17/h4-6,10H,7H2,1-3H3,(H,16,17)(H2,14,15,18). The van der Waals surface area contributed by atoms with Crippen molar-refractivity contribution in [3.8, 4) is 0 Å². The van der Waals surface area contributed by atoms with Crippen molar-refractivity contribution in [2.75, 3.05) is 11.9 Å². The van der Waals surface area contributed by atoms with Gasteiger partial charge in [-0.2, -0.15) is 0 Å². The van der Waals surface area contributed by atoms with Crippen molar-refractivity contribution in [3.63, 3.8) is 0 Å². The molecule has 5 nitrogen and oxygen atoms in total. The third kappa shape index (κ3) is 4.08. The van der Waals surface area contributed by atoms with Crippen molar-refractivity contribution in [2.24, 2.45) is 5.92 Å². The van der Waals surface area contributed by atoms with Gasteiger partial charge in [0.2, 0.25) is 0 Å². The number of aliphatic carboxylic acids is 1. The third-order valence-electron chi connectivity index (χ3n) is 2.62. The Kier molecular flexibility index (Phi) is 4.71. The Morgan fingerprint density at radius 2 is 2.00 bits per heavy atom. The minimum atomic E-state index is -0.929. The molecular weight excluding hydrogens is 232 g/mol. The van der Waals surface area contributed by atoms with E-state index in [0.717, 1.165) is 16.8 Å². The number of carbonyl (C=O) groups is 2. The fourth-order valence-corrected chi connectivity index (χ4v) is 1.45. The average Bonchev–Trinajstić information content (AvgIpc) is 2.29. The zero-order chi connectivity index (χ0) is 13.7. The van der Waals surface area contributed by atoms with Gasteiger partial charge in [-0.3, -0.25) is 4.79 Å². The van der Waals surface area contributed by atoms with Crippen molar-refractivity contribution in [1.82, 2.24) is 5.32 Å². The summed E-state index contributed by atoms with van der Waals surface area (Å²) in [5, 5.41) is 13.9. The molecular formula is C13H18N2O3. The van der Waals surface area contributed by atoms with Crippen molar-refractivity contribution in [1.29, 1.82) is 0 Å². The van der Waals surface area contributed by atoms with Crippen LogP contribution in [0.5, 0.6) is 0 Å². The minimum Gasteiger partial charge on any atom is -0.481 e. The highest BCUT2D eigenvalue weighted by Gasteiger charge is 2.12. The summed E-state index contributed by atoms with van der Waals surface area (Å²) in [5.74, 6) is -1.53. The molecule has 18 heavy (non-hydrogen) atoms. The van der Waals surface area contributed by atoms with Gasteiger partial charge in [-0.05, 0) is 25.5 Å². The summed E-state index contributed by atoms with van der Waals surface area (Å²) in [4.78, 5) is 22.2. The summed E-state index contributed by atoms with van der Waals surface area (Å²) >= 11 is 0. The van der Waals surface area contributed by atoms with Crippen molar-refractivity contribution < 1.29 is 14.7 Å². The molecule has 5 heteroatoms. The zero-order valence-corrected chi connectivity index (χ0v) is 10.8. The first-order valence-corrected chi connectivity index (χ1v) is 5.75. The summed E-state index contributed by atoms with van der Waals surface area (Å²) in [6.07, 6.45) is 0. The van der Waals surface area contributed by atoms with Gasteiger partial charge in [0.1, 0.15) is 0 Å². The molecule has 0 radical (unpaired) electrons. The van der Waals surface area contributed by atoms with Gasteiger partial charge in [0.05, 0.1) is 5.92 Å². The lowest BCUT2D eigenvalue weighted by atomic mass is 10.1. The molecule has 1 aromatic rings. The topological polar surface area (TPSA) is 78.4 Å². The van der Waals surface area contributed by atoms with Crippen molar-refractivity contribution in [3.05, 3.63) is 29.3 Å². The molecule has 0 aliphatic carbocycles. The molecule has 0 bridgehead atoms. The number of benzene rings is 1. The molecule has 1 aromatic carbocycles. The Hall–Kier alpha value is -2.04. The molecule has 0 saturated carbocycles. The minimum absolute atomic E-state index is 0.103. The third-order valence-corrected chi connectivity index (χ3v) is 2.62. The molecule has 3 N–H and O–H groups in total. The van der Waals surface area contributed by atoms with Crippen LogP contribution in [0.15, 0.2) is 18.2 Å². The number of hydrogen-bond donors (Lipinski definition) is 3. The maximum absolute atomic E-state index is 11.6. The summed E-state index contributed by atoms with van der Waals surface area (Å²) in [6, 6.07) is 5.30. The second-order valence-electron chi connectivity index (χ2n) is 4.39. The lowest BCUT2D eigenvalue weighted by molar-refractivity contribution is -0.140. The SMILES string of the molecule is Cc1ccc(NC(=O)NCC(C)C(=O)O)c(C)c1. The molecule has 0 aliphatic rings. The van der Waals surface area contributed by atoms with E-state index in [4.69, 9.17) is 5.11 Å². The van der Waals surface area contributed by atoms with E-state index in [2.05, 4.69) is 10.6 Å². The summed E-state index contributed by atoms with van der Waals surface area (Å²) in [6.45, 7) is 5.53. The molecule has 0 aromatic heterocycles. The van der Waals surface area contributed by atoms with E-state index in [-0.39, 0.29) is 6.54 Å². The predicted octanol–water partition coefficient (Wildman–Crippen LogP) is 2.15. The summed E-state index contributed by atoms with van der Waals surface area (Å²) in [7, 11) is 0. The number of aryl methyl sites for hydroxylation is 2. The van der Waals surface area contributed by atoms with Gasteiger partial charge in [0.25, 0.3) is 0 Å². The van der Waals surface area contributed by atoms with Crippen LogP contribution in [0.3, 0.4) is 0 Å². The van der Waals surface area contributed by atoms with E-state index in [1.165, 1.54) is 0 Å². The fourth-order valence-electron chi connectivity index (χ4n) is 1.45. The van der Waals surface area contributed by atoms with E-state index in [1.54, 1.807) is 6.92 Å². The highest BCUT2D eigenvalue weighted by molar-refractivity contribution is 5.90. The van der Waals surface area contributed by atoms with Gasteiger partial charge in [-0.1, -0.05) is 24.6 Å². The Labute approximate surface area is 106 Å². The van der Waals surface area contributed by atoms with Crippen molar-refractivity contribution >= 4 is 17.7 Å². The van der Waals surface area contributed by atoms with Gasteiger partial charge < -0.3 is 15.7 Å². The first-order valence-electron chi connectivity index (χ1n) is 5.75. The molecule has 1 rings (SSSR count). The van der Waals surface area contributed by atoms with Crippen LogP contribution in [0.25, 0.3) is 0 Å². The first-order chi connectivity index (χ1) is 8.40.